The van der Waals surface area contributed by atoms with Gasteiger partial charge in [0.05, 0.1) is 22.9 Å². The second kappa shape index (κ2) is 8.94. The predicted molar refractivity (Wildman–Crippen MR) is 122 cm³/mol. The third-order valence-corrected chi connectivity index (χ3v) is 6.21. The number of halogens is 1. The van der Waals surface area contributed by atoms with Gasteiger partial charge in [-0.2, -0.15) is 10.2 Å². The van der Waals surface area contributed by atoms with Crippen LogP contribution in [0.1, 0.15) is 37.9 Å². The summed E-state index contributed by atoms with van der Waals surface area (Å²) in [4.78, 5) is 23.9. The van der Waals surface area contributed by atoms with Crippen molar-refractivity contribution in [2.75, 3.05) is 5.32 Å². The first-order valence-electron chi connectivity index (χ1n) is 10.1. The summed E-state index contributed by atoms with van der Waals surface area (Å²) >= 11 is 1.26. The number of nitrogens with one attached hydrogen (secondary N) is 1. The molecule has 9 nitrogen and oxygen atoms in total. The third-order valence-electron chi connectivity index (χ3n) is 5.24. The van der Waals surface area contributed by atoms with E-state index in [1.54, 1.807) is 53.5 Å². The van der Waals surface area contributed by atoms with E-state index in [1.165, 1.54) is 17.4 Å². The van der Waals surface area contributed by atoms with Gasteiger partial charge in [-0.15, -0.1) is 11.3 Å². The van der Waals surface area contributed by atoms with E-state index in [4.69, 9.17) is 0 Å². The van der Waals surface area contributed by atoms with E-state index >= 15 is 0 Å². The molecule has 1 amide bonds. The Labute approximate surface area is 192 Å². The second-order valence-corrected chi connectivity index (χ2v) is 8.54. The number of anilines is 1. The van der Waals surface area contributed by atoms with E-state index in [1.807, 2.05) is 12.3 Å². The largest absolute Gasteiger partial charge is 0.312 e. The van der Waals surface area contributed by atoms with Crippen molar-refractivity contribution in [3.8, 4) is 0 Å². The molecule has 1 N–H and O–H groups in total. The van der Waals surface area contributed by atoms with E-state index in [0.29, 0.717) is 34.2 Å². The number of aryl methyl sites for hydroxylation is 2. The quantitative estimate of drug-likeness (QED) is 0.318. The fourth-order valence-electron chi connectivity index (χ4n) is 3.55. The summed E-state index contributed by atoms with van der Waals surface area (Å²) in [6.07, 6.45) is 0. The lowest BCUT2D eigenvalue weighted by atomic mass is 10.2. The summed E-state index contributed by atoms with van der Waals surface area (Å²) < 4.78 is 17.1. The highest BCUT2D eigenvalue weighted by Crippen LogP contribution is 2.24. The Bertz CT molecular complexity index is 1360. The number of rotatable bonds is 7. The van der Waals surface area contributed by atoms with E-state index in [0.717, 1.165) is 11.3 Å². The molecule has 3 aromatic heterocycles. The average molecular weight is 469 g/mol. The summed E-state index contributed by atoms with van der Waals surface area (Å²) in [5.41, 5.74) is 2.93. The summed E-state index contributed by atoms with van der Waals surface area (Å²) in [5, 5.41) is 24.4. The van der Waals surface area contributed by atoms with Crippen molar-refractivity contribution >= 4 is 28.7 Å². The molecule has 4 rings (SSSR count). The Morgan fingerprint density at radius 1 is 1.15 bits per heavy atom. The Balaban J connectivity index is 1.45. The summed E-state index contributed by atoms with van der Waals surface area (Å²) in [5.74, 6) is -0.254. The van der Waals surface area contributed by atoms with Crippen molar-refractivity contribution < 1.29 is 14.1 Å². The van der Waals surface area contributed by atoms with Crippen molar-refractivity contribution in [2.24, 2.45) is 0 Å². The molecule has 0 spiro atoms. The Morgan fingerprint density at radius 2 is 1.91 bits per heavy atom. The molecule has 3 heterocycles. The van der Waals surface area contributed by atoms with Crippen LogP contribution in [0.5, 0.6) is 0 Å². The molecular formula is C22H21FN6O3S. The number of carbonyl (C=O) groups is 1. The normalized spacial score (nSPS) is 11.0. The van der Waals surface area contributed by atoms with Gasteiger partial charge in [-0.1, -0.05) is 18.2 Å². The molecule has 0 unspecified atom stereocenters. The lowest BCUT2D eigenvalue weighted by Crippen LogP contribution is -2.12. The minimum Gasteiger partial charge on any atom is -0.304 e. The molecule has 0 saturated heterocycles. The first kappa shape index (κ1) is 22.3. The van der Waals surface area contributed by atoms with E-state index in [2.05, 4.69) is 15.5 Å². The molecule has 0 saturated carbocycles. The maximum atomic E-state index is 13.9. The number of benzene rings is 1. The number of amides is 1. The van der Waals surface area contributed by atoms with Crippen LogP contribution < -0.4 is 5.32 Å². The highest BCUT2D eigenvalue weighted by atomic mass is 32.1. The van der Waals surface area contributed by atoms with E-state index < -0.39 is 4.92 Å². The molecule has 11 heteroatoms. The Morgan fingerprint density at radius 3 is 2.61 bits per heavy atom. The van der Waals surface area contributed by atoms with Crippen LogP contribution in [0.15, 0.2) is 41.8 Å². The van der Waals surface area contributed by atoms with Gasteiger partial charge in [0.25, 0.3) is 5.91 Å². The van der Waals surface area contributed by atoms with Crippen molar-refractivity contribution in [1.29, 1.82) is 0 Å². The molecule has 0 bridgehead atoms. The van der Waals surface area contributed by atoms with Gasteiger partial charge in [0.1, 0.15) is 17.2 Å². The minimum atomic E-state index is -0.437. The molecule has 0 aliphatic carbocycles. The molecule has 0 aliphatic rings. The summed E-state index contributed by atoms with van der Waals surface area (Å²) in [6.45, 7) is 5.66. The van der Waals surface area contributed by atoms with Gasteiger partial charge < -0.3 is 5.32 Å². The average Bonchev–Trinajstić information content (AvgIpc) is 3.42. The Kier molecular flexibility index (Phi) is 6.05. The smallest absolute Gasteiger partial charge is 0.304 e. The first-order chi connectivity index (χ1) is 15.7. The van der Waals surface area contributed by atoms with Crippen LogP contribution >= 0.6 is 11.3 Å². The standard InChI is InChI=1S/C22H21FN6O3S/c1-13-8-20(26-27(13)11-17-6-4-5-7-18(17)23)24-22(30)19-9-16(12-33-19)10-28-15(3)21(29(31)32)14(2)25-28/h4-9,12H,10-11H2,1-3H3,(H,24,26,30). The van der Waals surface area contributed by atoms with Crippen LogP contribution in [-0.2, 0) is 13.1 Å². The van der Waals surface area contributed by atoms with E-state index in [-0.39, 0.29) is 24.0 Å². The van der Waals surface area contributed by atoms with Crippen molar-refractivity contribution in [3.63, 3.8) is 0 Å². The zero-order chi connectivity index (χ0) is 23.7. The number of hydrogen-bond donors (Lipinski definition) is 1. The SMILES string of the molecule is Cc1nn(Cc2csc(C(=O)Nc3cc(C)n(Cc4ccccc4F)n3)c2)c(C)c1[N+](=O)[O-]. The molecule has 1 aromatic carbocycles. The monoisotopic (exact) mass is 468 g/mol. The molecule has 170 valence electrons. The molecule has 0 atom stereocenters. The van der Waals surface area contributed by atoms with Gasteiger partial charge in [0.15, 0.2) is 5.82 Å². The van der Waals surface area contributed by atoms with Gasteiger partial charge in [-0.05, 0) is 43.8 Å². The molecule has 0 radical (unpaired) electrons. The summed E-state index contributed by atoms with van der Waals surface area (Å²) in [7, 11) is 0. The maximum Gasteiger partial charge on any atom is 0.312 e. The van der Waals surface area contributed by atoms with Crippen LogP contribution in [0.2, 0.25) is 0 Å². The van der Waals surface area contributed by atoms with Crippen LogP contribution in [0.4, 0.5) is 15.9 Å². The molecule has 4 aromatic rings. The highest BCUT2D eigenvalue weighted by Gasteiger charge is 2.22. The fourth-order valence-corrected chi connectivity index (χ4v) is 4.35. The van der Waals surface area contributed by atoms with Gasteiger partial charge >= 0.3 is 5.69 Å². The predicted octanol–water partition coefficient (Wildman–Crippen LogP) is 4.46. The first-order valence-corrected chi connectivity index (χ1v) is 11.0. The number of hydrogen-bond acceptors (Lipinski definition) is 6. The summed E-state index contributed by atoms with van der Waals surface area (Å²) in [6, 6.07) is 9.94. The van der Waals surface area contributed by atoms with Crippen LogP contribution in [0.3, 0.4) is 0 Å². The number of nitrogens with zero attached hydrogens (tertiary/aromatic N) is 5. The Hall–Kier alpha value is -3.86. The minimum absolute atomic E-state index is 0.00420. The zero-order valence-electron chi connectivity index (χ0n) is 18.2. The molecular weight excluding hydrogens is 447 g/mol. The van der Waals surface area contributed by atoms with E-state index in [9.17, 15) is 19.3 Å². The molecule has 0 fully saturated rings. The number of aromatic nitrogens is 4. The van der Waals surface area contributed by atoms with Crippen molar-refractivity contribution in [3.05, 3.63) is 90.8 Å². The van der Waals surface area contributed by atoms with Crippen LogP contribution in [-0.4, -0.2) is 30.4 Å². The van der Waals surface area contributed by atoms with Gasteiger partial charge in [0.2, 0.25) is 0 Å². The van der Waals surface area contributed by atoms with Gasteiger partial charge in [0, 0.05) is 17.3 Å². The van der Waals surface area contributed by atoms with Crippen molar-refractivity contribution in [1.82, 2.24) is 19.6 Å². The number of nitro groups is 1. The second-order valence-electron chi connectivity index (χ2n) is 7.63. The zero-order valence-corrected chi connectivity index (χ0v) is 19.0. The van der Waals surface area contributed by atoms with Gasteiger partial charge in [-0.3, -0.25) is 24.3 Å². The van der Waals surface area contributed by atoms with Crippen molar-refractivity contribution in [2.45, 2.75) is 33.9 Å². The van der Waals surface area contributed by atoms with Gasteiger partial charge in [-0.25, -0.2) is 4.39 Å². The highest BCUT2D eigenvalue weighted by molar-refractivity contribution is 7.12. The van der Waals surface area contributed by atoms with Crippen LogP contribution in [0, 0.1) is 36.7 Å². The maximum absolute atomic E-state index is 13.9. The third kappa shape index (κ3) is 4.67. The lowest BCUT2D eigenvalue weighted by Gasteiger charge is -2.05. The molecule has 0 aliphatic heterocycles. The topological polar surface area (TPSA) is 108 Å². The number of carbonyl (C=O) groups excluding carboxylic acids is 1. The fraction of sp³-hybridized carbons (Fsp3) is 0.227. The lowest BCUT2D eigenvalue weighted by molar-refractivity contribution is -0.386. The molecule has 33 heavy (non-hydrogen) atoms. The number of thiophene rings is 1. The van der Waals surface area contributed by atoms with Crippen LogP contribution in [0.25, 0.3) is 0 Å².